The lowest BCUT2D eigenvalue weighted by molar-refractivity contribution is -0.125. The largest absolute Gasteiger partial charge is 0.475 e. The summed E-state index contributed by atoms with van der Waals surface area (Å²) >= 11 is 0. The third kappa shape index (κ3) is 4.37. The number of hydrogen-bond donors (Lipinski definition) is 1. The number of carbonyl (C=O) groups excluding carboxylic acids is 1. The molecular formula is C24H28N4O2. The fourth-order valence-electron chi connectivity index (χ4n) is 3.95. The van der Waals surface area contributed by atoms with Crippen molar-refractivity contribution in [1.29, 1.82) is 0 Å². The summed E-state index contributed by atoms with van der Waals surface area (Å²) in [7, 11) is 0. The molecule has 156 valence electrons. The maximum Gasteiger partial charge on any atom is 0.258 e. The maximum absolute atomic E-state index is 13.0. The van der Waals surface area contributed by atoms with Crippen molar-refractivity contribution in [3.63, 3.8) is 0 Å². The number of carbonyl (C=O) groups is 1. The summed E-state index contributed by atoms with van der Waals surface area (Å²) in [5, 5.41) is 3.17. The first kappa shape index (κ1) is 20.1. The Hall–Kier alpha value is -3.15. The summed E-state index contributed by atoms with van der Waals surface area (Å²) in [6.07, 6.45) is 1.80. The van der Waals surface area contributed by atoms with Crippen molar-refractivity contribution in [1.82, 2.24) is 15.3 Å². The van der Waals surface area contributed by atoms with Crippen LogP contribution in [0.5, 0.6) is 5.88 Å². The van der Waals surface area contributed by atoms with E-state index in [4.69, 9.17) is 9.72 Å². The van der Waals surface area contributed by atoms with Gasteiger partial charge in [-0.2, -0.15) is 0 Å². The fraction of sp³-hybridized carbons (Fsp3) is 0.375. The quantitative estimate of drug-likeness (QED) is 0.669. The molecule has 1 saturated heterocycles. The highest BCUT2D eigenvalue weighted by atomic mass is 16.5. The molecule has 0 spiro atoms. The Balaban J connectivity index is 1.52. The van der Waals surface area contributed by atoms with Crippen molar-refractivity contribution in [2.45, 2.75) is 32.7 Å². The number of para-hydroxylation sites is 2. The van der Waals surface area contributed by atoms with Gasteiger partial charge < -0.3 is 15.0 Å². The van der Waals surface area contributed by atoms with Gasteiger partial charge in [-0.15, -0.1) is 0 Å². The van der Waals surface area contributed by atoms with Gasteiger partial charge in [0.1, 0.15) is 0 Å². The number of ether oxygens (including phenoxy) is 1. The summed E-state index contributed by atoms with van der Waals surface area (Å²) in [4.78, 5) is 24.6. The SMILES string of the molecule is CCOc1nc2ccccc2nc1N1CCC[C@H](C(=O)N[C@@H](C)c2ccccc2)C1. The van der Waals surface area contributed by atoms with E-state index in [0.717, 1.165) is 41.8 Å². The molecule has 6 heteroatoms. The van der Waals surface area contributed by atoms with E-state index in [9.17, 15) is 4.79 Å². The van der Waals surface area contributed by atoms with Crippen molar-refractivity contribution in [2.24, 2.45) is 5.92 Å². The molecule has 4 rings (SSSR count). The van der Waals surface area contributed by atoms with E-state index in [1.54, 1.807) is 0 Å². The van der Waals surface area contributed by atoms with E-state index in [1.807, 2.05) is 68.4 Å². The van der Waals surface area contributed by atoms with Crippen LogP contribution in [0, 0.1) is 5.92 Å². The number of amides is 1. The highest BCUT2D eigenvalue weighted by Crippen LogP contribution is 2.31. The average Bonchev–Trinajstić information content (AvgIpc) is 2.79. The predicted molar refractivity (Wildman–Crippen MR) is 119 cm³/mol. The number of nitrogens with zero attached hydrogens (tertiary/aromatic N) is 3. The Morgan fingerprint density at radius 2 is 1.83 bits per heavy atom. The van der Waals surface area contributed by atoms with Crippen LogP contribution in [0.3, 0.4) is 0 Å². The smallest absolute Gasteiger partial charge is 0.258 e. The van der Waals surface area contributed by atoms with Gasteiger partial charge in [0.25, 0.3) is 5.88 Å². The second-order valence-corrected chi connectivity index (χ2v) is 7.70. The number of nitrogens with one attached hydrogen (secondary N) is 1. The molecule has 0 bridgehead atoms. The molecular weight excluding hydrogens is 376 g/mol. The van der Waals surface area contributed by atoms with E-state index in [0.29, 0.717) is 19.0 Å². The highest BCUT2D eigenvalue weighted by Gasteiger charge is 2.29. The fourth-order valence-corrected chi connectivity index (χ4v) is 3.95. The minimum absolute atomic E-state index is 0.0199. The van der Waals surface area contributed by atoms with Gasteiger partial charge in [0, 0.05) is 13.1 Å². The topological polar surface area (TPSA) is 67.4 Å². The lowest BCUT2D eigenvalue weighted by Crippen LogP contribution is -2.44. The molecule has 2 atom stereocenters. The van der Waals surface area contributed by atoms with Crippen LogP contribution in [0.1, 0.15) is 38.3 Å². The first-order valence-corrected chi connectivity index (χ1v) is 10.7. The van der Waals surface area contributed by atoms with Crippen LogP contribution in [0.25, 0.3) is 11.0 Å². The Kier molecular flexibility index (Phi) is 6.12. The van der Waals surface area contributed by atoms with E-state index in [1.165, 1.54) is 0 Å². The molecule has 0 saturated carbocycles. The summed E-state index contributed by atoms with van der Waals surface area (Å²) in [6.45, 7) is 5.94. The van der Waals surface area contributed by atoms with Gasteiger partial charge in [0.2, 0.25) is 5.91 Å². The molecule has 0 radical (unpaired) electrons. The molecule has 3 aromatic rings. The number of rotatable bonds is 6. The van der Waals surface area contributed by atoms with Gasteiger partial charge in [0.05, 0.1) is 29.6 Å². The maximum atomic E-state index is 13.0. The number of anilines is 1. The molecule has 0 unspecified atom stereocenters. The summed E-state index contributed by atoms with van der Waals surface area (Å²) in [6, 6.07) is 17.8. The summed E-state index contributed by atoms with van der Waals surface area (Å²) in [5.74, 6) is 1.26. The van der Waals surface area contributed by atoms with Crippen LogP contribution < -0.4 is 15.0 Å². The molecule has 1 amide bonds. The van der Waals surface area contributed by atoms with Crippen LogP contribution in [0.4, 0.5) is 5.82 Å². The second-order valence-electron chi connectivity index (χ2n) is 7.70. The van der Waals surface area contributed by atoms with Gasteiger partial charge in [-0.1, -0.05) is 42.5 Å². The lowest BCUT2D eigenvalue weighted by Gasteiger charge is -2.34. The minimum atomic E-state index is -0.0901. The zero-order valence-electron chi connectivity index (χ0n) is 17.5. The Bertz CT molecular complexity index is 1010. The van der Waals surface area contributed by atoms with Crippen LogP contribution in [-0.2, 0) is 4.79 Å². The first-order chi connectivity index (χ1) is 14.7. The third-order valence-electron chi connectivity index (χ3n) is 5.55. The Labute approximate surface area is 177 Å². The van der Waals surface area contributed by atoms with Gasteiger partial charge in [0.15, 0.2) is 5.82 Å². The van der Waals surface area contributed by atoms with Crippen LogP contribution >= 0.6 is 0 Å². The van der Waals surface area contributed by atoms with Gasteiger partial charge in [-0.3, -0.25) is 4.79 Å². The minimum Gasteiger partial charge on any atom is -0.475 e. The standard InChI is InChI=1S/C24H28N4O2/c1-3-30-24-22(26-20-13-7-8-14-21(20)27-24)28-15-9-12-19(16-28)23(29)25-17(2)18-10-5-4-6-11-18/h4-8,10-11,13-14,17,19H,3,9,12,15-16H2,1-2H3,(H,25,29)/t17-,19-/m0/s1. The third-order valence-corrected chi connectivity index (χ3v) is 5.55. The van der Waals surface area contributed by atoms with Crippen LogP contribution in [0.2, 0.25) is 0 Å². The molecule has 0 aliphatic carbocycles. The van der Waals surface area contributed by atoms with Crippen LogP contribution in [-0.4, -0.2) is 35.6 Å². The second kappa shape index (κ2) is 9.11. The summed E-state index contributed by atoms with van der Waals surface area (Å²) in [5.41, 5.74) is 2.76. The van der Waals surface area contributed by atoms with Crippen molar-refractivity contribution in [3.05, 3.63) is 60.2 Å². The first-order valence-electron chi connectivity index (χ1n) is 10.7. The molecule has 2 aromatic carbocycles. The zero-order valence-corrected chi connectivity index (χ0v) is 17.5. The molecule has 1 aliphatic heterocycles. The molecule has 30 heavy (non-hydrogen) atoms. The van der Waals surface area contributed by atoms with Crippen molar-refractivity contribution in [2.75, 3.05) is 24.6 Å². The average molecular weight is 405 g/mol. The van der Waals surface area contributed by atoms with Gasteiger partial charge in [-0.25, -0.2) is 9.97 Å². The molecule has 2 heterocycles. The van der Waals surface area contributed by atoms with E-state index < -0.39 is 0 Å². The van der Waals surface area contributed by atoms with Crippen molar-refractivity contribution >= 4 is 22.8 Å². The Morgan fingerprint density at radius 3 is 2.57 bits per heavy atom. The van der Waals surface area contributed by atoms with Gasteiger partial charge in [-0.05, 0) is 44.4 Å². The molecule has 1 aromatic heterocycles. The van der Waals surface area contributed by atoms with Crippen molar-refractivity contribution in [3.8, 4) is 5.88 Å². The van der Waals surface area contributed by atoms with Gasteiger partial charge >= 0.3 is 0 Å². The van der Waals surface area contributed by atoms with E-state index in [2.05, 4.69) is 15.2 Å². The van der Waals surface area contributed by atoms with Crippen LogP contribution in [0.15, 0.2) is 54.6 Å². The predicted octanol–water partition coefficient (Wildman–Crippen LogP) is 4.12. The number of fused-ring (bicyclic) bond motifs is 1. The number of aromatic nitrogens is 2. The van der Waals surface area contributed by atoms with E-state index >= 15 is 0 Å². The summed E-state index contributed by atoms with van der Waals surface area (Å²) < 4.78 is 5.80. The van der Waals surface area contributed by atoms with Crippen molar-refractivity contribution < 1.29 is 9.53 Å². The molecule has 1 N–H and O–H groups in total. The highest BCUT2D eigenvalue weighted by molar-refractivity contribution is 5.81. The zero-order chi connectivity index (χ0) is 20.9. The Morgan fingerprint density at radius 1 is 1.13 bits per heavy atom. The number of hydrogen-bond acceptors (Lipinski definition) is 5. The lowest BCUT2D eigenvalue weighted by atomic mass is 9.96. The van der Waals surface area contributed by atoms with E-state index in [-0.39, 0.29) is 17.9 Å². The normalized spacial score (nSPS) is 17.5. The number of benzene rings is 2. The molecule has 6 nitrogen and oxygen atoms in total. The molecule has 1 aliphatic rings. The molecule has 1 fully saturated rings. The number of piperidine rings is 1. The monoisotopic (exact) mass is 404 g/mol.